The highest BCUT2D eigenvalue weighted by Gasteiger charge is 1.97. The summed E-state index contributed by atoms with van der Waals surface area (Å²) in [6.45, 7) is 5.64. The highest BCUT2D eigenvalue weighted by Crippen LogP contribution is 2.12. The molecule has 126 valence electrons. The first-order valence-electron chi connectivity index (χ1n) is 7.97. The molecular formula is C19H23N3OS. The molecule has 24 heavy (non-hydrogen) atoms. The molecule has 0 atom stereocenters. The summed E-state index contributed by atoms with van der Waals surface area (Å²) >= 11 is 5.19. The molecule has 0 radical (unpaired) electrons. The highest BCUT2D eigenvalue weighted by atomic mass is 32.1. The normalized spacial score (nSPS) is 10.8. The number of hydrogen-bond donors (Lipinski definition) is 2. The zero-order chi connectivity index (χ0) is 17.2. The fourth-order valence-electron chi connectivity index (χ4n) is 1.90. The Bertz CT molecular complexity index is 654. The molecule has 0 bridgehead atoms. The Balaban J connectivity index is 1.73. The molecule has 0 unspecified atom stereocenters. The van der Waals surface area contributed by atoms with Gasteiger partial charge in [-0.2, -0.15) is 5.10 Å². The molecule has 0 saturated heterocycles. The van der Waals surface area contributed by atoms with E-state index in [2.05, 4.69) is 29.7 Å². The van der Waals surface area contributed by atoms with Gasteiger partial charge in [0.05, 0.1) is 12.8 Å². The lowest BCUT2D eigenvalue weighted by atomic mass is 10.2. The van der Waals surface area contributed by atoms with E-state index in [0.29, 0.717) is 17.6 Å². The first-order chi connectivity index (χ1) is 11.6. The smallest absolute Gasteiger partial charge is 0.187 e. The number of rotatable bonds is 7. The Hall–Kier alpha value is -2.40. The SMILES string of the molecule is CC(C)COc1ccc(/C=N\NC(=S)NCc2ccccc2)cc1. The third-order valence-corrected chi connectivity index (χ3v) is 3.37. The average molecular weight is 341 g/mol. The van der Waals surface area contributed by atoms with Crippen molar-refractivity contribution in [2.75, 3.05) is 6.61 Å². The minimum atomic E-state index is 0.493. The van der Waals surface area contributed by atoms with Crippen molar-refractivity contribution in [2.45, 2.75) is 20.4 Å². The van der Waals surface area contributed by atoms with E-state index in [1.54, 1.807) is 6.21 Å². The van der Waals surface area contributed by atoms with Crippen LogP contribution in [0, 0.1) is 5.92 Å². The molecule has 0 aliphatic rings. The maximum atomic E-state index is 5.65. The minimum Gasteiger partial charge on any atom is -0.493 e. The van der Waals surface area contributed by atoms with Crippen molar-refractivity contribution in [1.82, 2.24) is 10.7 Å². The van der Waals surface area contributed by atoms with Crippen molar-refractivity contribution in [3.8, 4) is 5.75 Å². The van der Waals surface area contributed by atoms with Gasteiger partial charge in [0, 0.05) is 6.54 Å². The first kappa shape index (κ1) is 17.9. The van der Waals surface area contributed by atoms with E-state index >= 15 is 0 Å². The van der Waals surface area contributed by atoms with Crippen LogP contribution in [-0.4, -0.2) is 17.9 Å². The Morgan fingerprint density at radius 1 is 1.12 bits per heavy atom. The van der Waals surface area contributed by atoms with E-state index in [1.165, 1.54) is 5.56 Å². The topological polar surface area (TPSA) is 45.6 Å². The number of hydrogen-bond acceptors (Lipinski definition) is 3. The van der Waals surface area contributed by atoms with Crippen LogP contribution in [0.1, 0.15) is 25.0 Å². The number of thiocarbonyl (C=S) groups is 1. The Kier molecular flexibility index (Phi) is 7.23. The van der Waals surface area contributed by atoms with Gasteiger partial charge in [-0.25, -0.2) is 0 Å². The molecule has 2 rings (SSSR count). The van der Waals surface area contributed by atoms with Gasteiger partial charge in [0.25, 0.3) is 0 Å². The Morgan fingerprint density at radius 2 is 1.83 bits per heavy atom. The van der Waals surface area contributed by atoms with Gasteiger partial charge in [-0.15, -0.1) is 0 Å². The zero-order valence-electron chi connectivity index (χ0n) is 14.0. The number of hydrazone groups is 1. The lowest BCUT2D eigenvalue weighted by molar-refractivity contribution is 0.271. The molecule has 0 spiro atoms. The van der Waals surface area contributed by atoms with Crippen LogP contribution in [0.5, 0.6) is 5.75 Å². The molecule has 0 heterocycles. The van der Waals surface area contributed by atoms with Crippen molar-refractivity contribution >= 4 is 23.5 Å². The van der Waals surface area contributed by atoms with Crippen molar-refractivity contribution in [3.05, 3.63) is 65.7 Å². The fourth-order valence-corrected chi connectivity index (χ4v) is 2.02. The Morgan fingerprint density at radius 3 is 2.50 bits per heavy atom. The van der Waals surface area contributed by atoms with E-state index in [4.69, 9.17) is 17.0 Å². The summed E-state index contributed by atoms with van der Waals surface area (Å²) in [5.41, 5.74) is 4.96. The third-order valence-electron chi connectivity index (χ3n) is 3.14. The molecule has 0 aliphatic carbocycles. The van der Waals surface area contributed by atoms with Gasteiger partial charge in [-0.3, -0.25) is 5.43 Å². The van der Waals surface area contributed by atoms with Gasteiger partial charge in [0.2, 0.25) is 0 Å². The predicted molar refractivity (Wildman–Crippen MR) is 103 cm³/mol. The van der Waals surface area contributed by atoms with Crippen LogP contribution in [0.15, 0.2) is 59.7 Å². The second-order valence-corrected chi connectivity index (χ2v) is 6.22. The molecule has 0 aromatic heterocycles. The van der Waals surface area contributed by atoms with Crippen LogP contribution >= 0.6 is 12.2 Å². The molecule has 2 aromatic rings. The van der Waals surface area contributed by atoms with Gasteiger partial charge in [-0.05, 0) is 53.5 Å². The monoisotopic (exact) mass is 341 g/mol. The van der Waals surface area contributed by atoms with Crippen LogP contribution in [0.4, 0.5) is 0 Å². The molecule has 0 aliphatic heterocycles. The number of nitrogens with one attached hydrogen (secondary N) is 2. The summed E-state index contributed by atoms with van der Waals surface area (Å²) in [6, 6.07) is 17.9. The van der Waals surface area contributed by atoms with Crippen molar-refractivity contribution in [3.63, 3.8) is 0 Å². The first-order valence-corrected chi connectivity index (χ1v) is 8.38. The summed E-state index contributed by atoms with van der Waals surface area (Å²) in [5, 5.41) is 7.74. The number of nitrogens with zero attached hydrogens (tertiary/aromatic N) is 1. The molecule has 4 nitrogen and oxygen atoms in total. The fraction of sp³-hybridized carbons (Fsp3) is 0.263. The molecular weight excluding hydrogens is 318 g/mol. The molecule has 0 fully saturated rings. The van der Waals surface area contributed by atoms with Crippen LogP contribution < -0.4 is 15.5 Å². The van der Waals surface area contributed by atoms with Gasteiger partial charge in [0.15, 0.2) is 5.11 Å². The zero-order valence-corrected chi connectivity index (χ0v) is 14.8. The van der Waals surface area contributed by atoms with Crippen LogP contribution in [0.3, 0.4) is 0 Å². The van der Waals surface area contributed by atoms with Crippen molar-refractivity contribution < 1.29 is 4.74 Å². The second kappa shape index (κ2) is 9.67. The van der Waals surface area contributed by atoms with Crippen molar-refractivity contribution in [1.29, 1.82) is 0 Å². The van der Waals surface area contributed by atoms with Gasteiger partial charge in [0.1, 0.15) is 5.75 Å². The average Bonchev–Trinajstić information content (AvgIpc) is 2.60. The molecule has 2 aromatic carbocycles. The van der Waals surface area contributed by atoms with Gasteiger partial charge >= 0.3 is 0 Å². The summed E-state index contributed by atoms with van der Waals surface area (Å²) in [4.78, 5) is 0. The third kappa shape index (κ3) is 6.79. The Labute approximate surface area is 148 Å². The maximum Gasteiger partial charge on any atom is 0.187 e. The predicted octanol–water partition coefficient (Wildman–Crippen LogP) is 3.72. The molecule has 2 N–H and O–H groups in total. The maximum absolute atomic E-state index is 5.65. The van der Waals surface area contributed by atoms with E-state index in [-0.39, 0.29) is 0 Å². The quantitative estimate of drug-likeness (QED) is 0.458. The molecule has 0 amide bonds. The van der Waals surface area contributed by atoms with E-state index in [9.17, 15) is 0 Å². The highest BCUT2D eigenvalue weighted by molar-refractivity contribution is 7.80. The lowest BCUT2D eigenvalue weighted by Crippen LogP contribution is -2.31. The van der Waals surface area contributed by atoms with E-state index in [0.717, 1.165) is 17.9 Å². The van der Waals surface area contributed by atoms with Gasteiger partial charge in [-0.1, -0.05) is 44.2 Å². The molecule has 5 heteroatoms. The van der Waals surface area contributed by atoms with Crippen LogP contribution in [0.2, 0.25) is 0 Å². The largest absolute Gasteiger partial charge is 0.493 e. The second-order valence-electron chi connectivity index (χ2n) is 5.81. The molecule has 0 saturated carbocycles. The van der Waals surface area contributed by atoms with Crippen LogP contribution in [-0.2, 0) is 6.54 Å². The van der Waals surface area contributed by atoms with E-state index in [1.807, 2.05) is 54.6 Å². The lowest BCUT2D eigenvalue weighted by Gasteiger charge is -2.08. The van der Waals surface area contributed by atoms with Crippen molar-refractivity contribution in [2.24, 2.45) is 11.0 Å². The summed E-state index contributed by atoms with van der Waals surface area (Å²) in [6.07, 6.45) is 1.72. The summed E-state index contributed by atoms with van der Waals surface area (Å²) in [5.74, 6) is 1.38. The minimum absolute atomic E-state index is 0.493. The summed E-state index contributed by atoms with van der Waals surface area (Å²) in [7, 11) is 0. The van der Waals surface area contributed by atoms with Crippen LogP contribution in [0.25, 0.3) is 0 Å². The number of ether oxygens (including phenoxy) is 1. The standard InChI is InChI=1S/C19H23N3OS/c1-15(2)14-23-18-10-8-17(9-11-18)13-21-22-19(24)20-12-16-6-4-3-5-7-16/h3-11,13,15H,12,14H2,1-2H3,(H2,20,22,24)/b21-13-. The number of benzene rings is 2. The summed E-state index contributed by atoms with van der Waals surface area (Å²) < 4.78 is 5.65. The van der Waals surface area contributed by atoms with E-state index < -0.39 is 0 Å². The van der Waals surface area contributed by atoms with Gasteiger partial charge < -0.3 is 10.1 Å².